The van der Waals surface area contributed by atoms with Crippen molar-refractivity contribution in [2.45, 2.75) is 38.1 Å². The van der Waals surface area contributed by atoms with Gasteiger partial charge in [0.05, 0.1) is 0 Å². The van der Waals surface area contributed by atoms with Crippen LogP contribution in [0, 0.1) is 0 Å². The molecular formula is C14H18N2O. The minimum absolute atomic E-state index is 0.00807. The van der Waals surface area contributed by atoms with E-state index in [4.69, 9.17) is 0 Å². The third kappa shape index (κ3) is 4.02. The van der Waals surface area contributed by atoms with Gasteiger partial charge >= 0.3 is 0 Å². The number of hydrogen-bond donors (Lipinski definition) is 1. The second kappa shape index (κ2) is 6.18. The third-order valence-electron chi connectivity index (χ3n) is 3.08. The van der Waals surface area contributed by atoms with Gasteiger partial charge in [0.1, 0.15) is 0 Å². The van der Waals surface area contributed by atoms with Gasteiger partial charge in [0.2, 0.25) is 5.91 Å². The van der Waals surface area contributed by atoms with Crippen LogP contribution in [-0.4, -0.2) is 16.9 Å². The molecule has 17 heavy (non-hydrogen) atoms. The maximum absolute atomic E-state index is 11.7. The van der Waals surface area contributed by atoms with Crippen molar-refractivity contribution in [1.82, 2.24) is 10.3 Å². The van der Waals surface area contributed by atoms with Crippen LogP contribution in [0.1, 0.15) is 37.7 Å². The summed E-state index contributed by atoms with van der Waals surface area (Å²) in [6.07, 6.45) is 12.9. The predicted molar refractivity (Wildman–Crippen MR) is 68.3 cm³/mol. The van der Waals surface area contributed by atoms with Gasteiger partial charge in [-0.15, -0.1) is 0 Å². The van der Waals surface area contributed by atoms with Crippen LogP contribution in [0.5, 0.6) is 0 Å². The number of hydrogen-bond acceptors (Lipinski definition) is 2. The molecule has 1 saturated carbocycles. The van der Waals surface area contributed by atoms with E-state index in [0.717, 1.165) is 18.4 Å². The molecule has 3 heteroatoms. The normalized spacial score (nSPS) is 17.2. The SMILES string of the molecule is O=C(/C=C/c1ccncc1)NC1CCCCC1. The van der Waals surface area contributed by atoms with Crippen LogP contribution < -0.4 is 5.32 Å². The van der Waals surface area contributed by atoms with Crippen LogP contribution in [0.2, 0.25) is 0 Å². The number of nitrogens with one attached hydrogen (secondary N) is 1. The summed E-state index contributed by atoms with van der Waals surface area (Å²) in [6, 6.07) is 4.13. The Morgan fingerprint density at radius 2 is 1.94 bits per heavy atom. The van der Waals surface area contributed by atoms with E-state index < -0.39 is 0 Å². The number of rotatable bonds is 3. The Balaban J connectivity index is 1.82. The monoisotopic (exact) mass is 230 g/mol. The van der Waals surface area contributed by atoms with Crippen molar-refractivity contribution in [2.75, 3.05) is 0 Å². The fraction of sp³-hybridized carbons (Fsp3) is 0.429. The zero-order chi connectivity index (χ0) is 11.9. The number of nitrogens with zero attached hydrogens (tertiary/aromatic N) is 1. The quantitative estimate of drug-likeness (QED) is 0.811. The van der Waals surface area contributed by atoms with Gasteiger partial charge < -0.3 is 5.32 Å². The molecule has 1 aliphatic rings. The highest BCUT2D eigenvalue weighted by Gasteiger charge is 2.13. The molecule has 1 amide bonds. The fourth-order valence-electron chi connectivity index (χ4n) is 2.14. The number of amides is 1. The average Bonchev–Trinajstić information content (AvgIpc) is 2.39. The van der Waals surface area contributed by atoms with Crippen LogP contribution >= 0.6 is 0 Å². The highest BCUT2D eigenvalue weighted by atomic mass is 16.1. The zero-order valence-corrected chi connectivity index (χ0v) is 9.93. The van der Waals surface area contributed by atoms with E-state index in [1.807, 2.05) is 18.2 Å². The molecule has 3 nitrogen and oxygen atoms in total. The molecule has 0 spiro atoms. The van der Waals surface area contributed by atoms with Gasteiger partial charge in [-0.2, -0.15) is 0 Å². The van der Waals surface area contributed by atoms with E-state index in [1.165, 1.54) is 19.3 Å². The van der Waals surface area contributed by atoms with E-state index in [1.54, 1.807) is 18.5 Å². The molecule has 1 aromatic heterocycles. The number of carbonyl (C=O) groups is 1. The van der Waals surface area contributed by atoms with Crippen molar-refractivity contribution in [3.05, 3.63) is 36.2 Å². The van der Waals surface area contributed by atoms with E-state index in [9.17, 15) is 4.79 Å². The second-order valence-corrected chi connectivity index (χ2v) is 4.46. The molecule has 1 aliphatic carbocycles. The summed E-state index contributed by atoms with van der Waals surface area (Å²) in [5.41, 5.74) is 0.999. The molecule has 1 fully saturated rings. The molecular weight excluding hydrogens is 212 g/mol. The number of aromatic nitrogens is 1. The Morgan fingerprint density at radius 1 is 1.24 bits per heavy atom. The Hall–Kier alpha value is -1.64. The summed E-state index contributed by atoms with van der Waals surface area (Å²) in [4.78, 5) is 15.6. The molecule has 1 aromatic rings. The minimum Gasteiger partial charge on any atom is -0.350 e. The maximum atomic E-state index is 11.7. The molecule has 1 N–H and O–H groups in total. The van der Waals surface area contributed by atoms with Crippen molar-refractivity contribution in [2.24, 2.45) is 0 Å². The lowest BCUT2D eigenvalue weighted by Gasteiger charge is -2.21. The lowest BCUT2D eigenvalue weighted by Crippen LogP contribution is -2.34. The molecule has 1 heterocycles. The summed E-state index contributed by atoms with van der Waals surface area (Å²) in [6.45, 7) is 0. The minimum atomic E-state index is 0.00807. The van der Waals surface area contributed by atoms with E-state index in [2.05, 4.69) is 10.3 Å². The van der Waals surface area contributed by atoms with Gasteiger partial charge in [0, 0.05) is 24.5 Å². The Kier molecular flexibility index (Phi) is 4.30. The first-order valence-electron chi connectivity index (χ1n) is 6.23. The van der Waals surface area contributed by atoms with Crippen LogP contribution in [0.15, 0.2) is 30.6 Å². The second-order valence-electron chi connectivity index (χ2n) is 4.46. The molecule has 0 saturated heterocycles. The first kappa shape index (κ1) is 11.8. The van der Waals surface area contributed by atoms with Crippen LogP contribution in [0.3, 0.4) is 0 Å². The molecule has 2 rings (SSSR count). The summed E-state index contributed by atoms with van der Waals surface area (Å²) in [5, 5.41) is 3.05. The topological polar surface area (TPSA) is 42.0 Å². The van der Waals surface area contributed by atoms with E-state index in [-0.39, 0.29) is 5.91 Å². The zero-order valence-electron chi connectivity index (χ0n) is 9.93. The van der Waals surface area contributed by atoms with Gasteiger partial charge in [0.15, 0.2) is 0 Å². The van der Waals surface area contributed by atoms with Crippen LogP contribution in [0.25, 0.3) is 6.08 Å². The molecule has 90 valence electrons. The Bertz CT molecular complexity index is 380. The Labute approximate surface area is 102 Å². The van der Waals surface area contributed by atoms with Gasteiger partial charge in [-0.3, -0.25) is 9.78 Å². The van der Waals surface area contributed by atoms with E-state index >= 15 is 0 Å². The smallest absolute Gasteiger partial charge is 0.244 e. The van der Waals surface area contributed by atoms with Crippen molar-refractivity contribution in [1.29, 1.82) is 0 Å². The van der Waals surface area contributed by atoms with Crippen LogP contribution in [0.4, 0.5) is 0 Å². The fourth-order valence-corrected chi connectivity index (χ4v) is 2.14. The third-order valence-corrected chi connectivity index (χ3v) is 3.08. The maximum Gasteiger partial charge on any atom is 0.244 e. The lowest BCUT2D eigenvalue weighted by atomic mass is 9.95. The number of pyridine rings is 1. The summed E-state index contributed by atoms with van der Waals surface area (Å²) in [7, 11) is 0. The van der Waals surface area contributed by atoms with Crippen molar-refractivity contribution >= 4 is 12.0 Å². The molecule has 0 aliphatic heterocycles. The highest BCUT2D eigenvalue weighted by molar-refractivity contribution is 5.91. The lowest BCUT2D eigenvalue weighted by molar-refractivity contribution is -0.117. The molecule has 0 unspecified atom stereocenters. The standard InChI is InChI=1S/C14H18N2O/c17-14(16-13-4-2-1-3-5-13)7-6-12-8-10-15-11-9-12/h6-11,13H,1-5H2,(H,16,17)/b7-6+. The first-order valence-corrected chi connectivity index (χ1v) is 6.23. The van der Waals surface area contributed by atoms with Gasteiger partial charge in [0.25, 0.3) is 0 Å². The van der Waals surface area contributed by atoms with Gasteiger partial charge in [-0.1, -0.05) is 19.3 Å². The average molecular weight is 230 g/mol. The first-order chi connectivity index (χ1) is 8.34. The van der Waals surface area contributed by atoms with Gasteiger partial charge in [-0.25, -0.2) is 0 Å². The summed E-state index contributed by atoms with van der Waals surface area (Å²) < 4.78 is 0. The molecule has 0 bridgehead atoms. The van der Waals surface area contributed by atoms with Crippen molar-refractivity contribution in [3.8, 4) is 0 Å². The highest BCUT2D eigenvalue weighted by Crippen LogP contribution is 2.17. The van der Waals surface area contributed by atoms with Crippen molar-refractivity contribution in [3.63, 3.8) is 0 Å². The van der Waals surface area contributed by atoms with Crippen LogP contribution in [-0.2, 0) is 4.79 Å². The predicted octanol–water partition coefficient (Wildman–Crippen LogP) is 2.54. The van der Waals surface area contributed by atoms with Crippen molar-refractivity contribution < 1.29 is 4.79 Å². The van der Waals surface area contributed by atoms with Gasteiger partial charge in [-0.05, 0) is 36.6 Å². The Morgan fingerprint density at radius 3 is 2.65 bits per heavy atom. The molecule has 0 atom stereocenters. The largest absolute Gasteiger partial charge is 0.350 e. The molecule has 0 aromatic carbocycles. The van der Waals surface area contributed by atoms with E-state index in [0.29, 0.717) is 6.04 Å². The summed E-state index contributed by atoms with van der Waals surface area (Å²) in [5.74, 6) is 0.00807. The summed E-state index contributed by atoms with van der Waals surface area (Å²) >= 11 is 0. The molecule has 0 radical (unpaired) electrons. The number of carbonyl (C=O) groups excluding carboxylic acids is 1.